The number of hydrogen-bond acceptors (Lipinski definition) is 4. The van der Waals surface area contributed by atoms with Crippen molar-refractivity contribution in [3.8, 4) is 5.75 Å². The van der Waals surface area contributed by atoms with Crippen molar-refractivity contribution in [1.29, 1.82) is 0 Å². The summed E-state index contributed by atoms with van der Waals surface area (Å²) < 4.78 is 15.4. The first-order chi connectivity index (χ1) is 12.0. The quantitative estimate of drug-likeness (QED) is 0.490. The molecule has 0 aliphatic heterocycles. The van der Waals surface area contributed by atoms with Gasteiger partial charge in [-0.25, -0.2) is 9.87 Å². The Hall–Kier alpha value is -2.64. The predicted octanol–water partition coefficient (Wildman–Crippen LogP) is 3.26. The maximum atomic E-state index is 13.7. The first-order valence-corrected chi connectivity index (χ1v) is 7.92. The molecule has 2 aromatic heterocycles. The molecule has 0 atom stereocenters. The lowest BCUT2D eigenvalue weighted by Crippen LogP contribution is -2.23. The van der Waals surface area contributed by atoms with Gasteiger partial charge in [0.15, 0.2) is 0 Å². The number of carbonyl (C=O) groups is 1. The number of pyridine rings is 1. The summed E-state index contributed by atoms with van der Waals surface area (Å²) in [5.74, 6) is -1.54. The first kappa shape index (κ1) is 17.2. The van der Waals surface area contributed by atoms with E-state index in [0.29, 0.717) is 17.5 Å². The van der Waals surface area contributed by atoms with E-state index in [1.165, 1.54) is 0 Å². The van der Waals surface area contributed by atoms with Gasteiger partial charge >= 0.3 is 0 Å². The topological polar surface area (TPSA) is 87.4 Å². The van der Waals surface area contributed by atoms with Crippen LogP contribution in [0.15, 0.2) is 30.6 Å². The van der Waals surface area contributed by atoms with Gasteiger partial charge in [-0.1, -0.05) is 11.6 Å². The summed E-state index contributed by atoms with van der Waals surface area (Å²) in [5.41, 5.74) is 3.34. The van der Waals surface area contributed by atoms with Crippen molar-refractivity contribution in [2.75, 3.05) is 0 Å². The van der Waals surface area contributed by atoms with Gasteiger partial charge in [0.25, 0.3) is 5.91 Å². The van der Waals surface area contributed by atoms with Crippen molar-refractivity contribution in [1.82, 2.24) is 15.0 Å². The van der Waals surface area contributed by atoms with Gasteiger partial charge < -0.3 is 9.67 Å². The third-order valence-corrected chi connectivity index (χ3v) is 4.37. The summed E-state index contributed by atoms with van der Waals surface area (Å²) in [6.07, 6.45) is 3.22. The van der Waals surface area contributed by atoms with Crippen LogP contribution < -0.4 is 5.48 Å². The number of aromatic hydroxyl groups is 1. The molecule has 1 amide bonds. The van der Waals surface area contributed by atoms with Crippen molar-refractivity contribution in [3.63, 3.8) is 0 Å². The van der Waals surface area contributed by atoms with Crippen LogP contribution in [0.5, 0.6) is 5.75 Å². The average molecular weight is 364 g/mol. The minimum atomic E-state index is -0.699. The zero-order valence-electron chi connectivity index (χ0n) is 13.3. The number of amides is 1. The molecule has 3 N–H and O–H groups in total. The Morgan fingerprint density at radius 1 is 1.44 bits per heavy atom. The summed E-state index contributed by atoms with van der Waals surface area (Å²) in [7, 11) is 0. The molecule has 0 unspecified atom stereocenters. The number of aromatic nitrogens is 2. The molecule has 6 nitrogen and oxygen atoms in total. The molecule has 3 aromatic rings. The van der Waals surface area contributed by atoms with Crippen LogP contribution in [-0.4, -0.2) is 25.8 Å². The molecule has 0 saturated heterocycles. The SMILES string of the molecule is CCn1c(C(=O)NO)c(Cc2cc(F)cc(Cl)c2O)c2cnccc21. The number of rotatable bonds is 4. The number of hydrogen-bond donors (Lipinski definition) is 3. The Morgan fingerprint density at radius 3 is 2.88 bits per heavy atom. The van der Waals surface area contributed by atoms with Crippen LogP contribution in [0.1, 0.15) is 28.5 Å². The number of phenols is 1. The highest BCUT2D eigenvalue weighted by Gasteiger charge is 2.23. The van der Waals surface area contributed by atoms with Crippen LogP contribution in [0, 0.1) is 5.82 Å². The molecule has 0 radical (unpaired) electrons. The Balaban J connectivity index is 2.27. The second-order valence-electron chi connectivity index (χ2n) is 5.48. The standard InChI is InChI=1S/C17H15ClFN3O3/c1-2-22-14-3-4-20-8-12(14)11(15(22)17(24)21-25)6-9-5-10(19)7-13(18)16(9)23/h3-5,7-8,23,25H,2,6H2,1H3,(H,21,24). The number of nitrogens with zero attached hydrogens (tertiary/aromatic N) is 2. The van der Waals surface area contributed by atoms with Gasteiger partial charge in [0.2, 0.25) is 0 Å². The minimum Gasteiger partial charge on any atom is -0.506 e. The van der Waals surface area contributed by atoms with Gasteiger partial charge in [-0.05, 0) is 30.7 Å². The average Bonchev–Trinajstić information content (AvgIpc) is 2.92. The van der Waals surface area contributed by atoms with Gasteiger partial charge in [0.1, 0.15) is 17.3 Å². The Labute approximate surface area is 147 Å². The Morgan fingerprint density at radius 2 is 2.20 bits per heavy atom. The monoisotopic (exact) mass is 363 g/mol. The summed E-state index contributed by atoms with van der Waals surface area (Å²) in [4.78, 5) is 16.3. The third kappa shape index (κ3) is 2.92. The lowest BCUT2D eigenvalue weighted by Gasteiger charge is -2.10. The van der Waals surface area contributed by atoms with Gasteiger partial charge in [-0.2, -0.15) is 0 Å². The molecule has 0 aliphatic carbocycles. The van der Waals surface area contributed by atoms with Crippen LogP contribution in [0.2, 0.25) is 5.02 Å². The molecule has 0 fully saturated rings. The zero-order valence-corrected chi connectivity index (χ0v) is 14.0. The number of nitrogens with one attached hydrogen (secondary N) is 1. The second kappa shape index (κ2) is 6.70. The summed E-state index contributed by atoms with van der Waals surface area (Å²) >= 11 is 5.84. The lowest BCUT2D eigenvalue weighted by atomic mass is 10.0. The van der Waals surface area contributed by atoms with E-state index < -0.39 is 11.7 Å². The number of halogens is 2. The van der Waals surface area contributed by atoms with E-state index in [4.69, 9.17) is 16.8 Å². The van der Waals surface area contributed by atoms with Crippen molar-refractivity contribution < 1.29 is 19.5 Å². The van der Waals surface area contributed by atoms with Crippen LogP contribution in [-0.2, 0) is 13.0 Å². The van der Waals surface area contributed by atoms with E-state index >= 15 is 0 Å². The molecule has 0 spiro atoms. The molecule has 0 aliphatic rings. The largest absolute Gasteiger partial charge is 0.506 e. The van der Waals surface area contributed by atoms with E-state index in [2.05, 4.69) is 4.98 Å². The van der Waals surface area contributed by atoms with Crippen LogP contribution >= 0.6 is 11.6 Å². The molecular formula is C17H15ClFN3O3. The minimum absolute atomic E-state index is 0.0429. The van der Waals surface area contributed by atoms with Crippen molar-refractivity contribution in [2.45, 2.75) is 19.9 Å². The molecule has 0 saturated carbocycles. The van der Waals surface area contributed by atoms with Crippen molar-refractivity contribution in [3.05, 3.63) is 58.3 Å². The Bertz CT molecular complexity index is 971. The van der Waals surface area contributed by atoms with Gasteiger partial charge in [-0.3, -0.25) is 15.0 Å². The molecular weight excluding hydrogens is 349 g/mol. The maximum Gasteiger partial charge on any atom is 0.291 e. The summed E-state index contributed by atoms with van der Waals surface area (Å²) in [6, 6.07) is 3.92. The first-order valence-electron chi connectivity index (χ1n) is 7.54. The van der Waals surface area contributed by atoms with E-state index in [9.17, 15) is 14.3 Å². The van der Waals surface area contributed by atoms with Crippen LogP contribution in [0.3, 0.4) is 0 Å². The summed E-state index contributed by atoms with van der Waals surface area (Å²) in [6.45, 7) is 2.33. The van der Waals surface area contributed by atoms with E-state index in [0.717, 1.165) is 17.6 Å². The number of benzene rings is 1. The zero-order chi connectivity index (χ0) is 18.1. The highest BCUT2D eigenvalue weighted by Crippen LogP contribution is 2.34. The molecule has 2 heterocycles. The number of fused-ring (bicyclic) bond motifs is 1. The highest BCUT2D eigenvalue weighted by atomic mass is 35.5. The molecule has 25 heavy (non-hydrogen) atoms. The predicted molar refractivity (Wildman–Crippen MR) is 90.5 cm³/mol. The number of hydroxylamine groups is 1. The van der Waals surface area contributed by atoms with E-state index in [-0.39, 0.29) is 28.5 Å². The third-order valence-electron chi connectivity index (χ3n) is 4.08. The maximum absolute atomic E-state index is 13.7. The smallest absolute Gasteiger partial charge is 0.291 e. The number of phenolic OH excluding ortho intramolecular Hbond substituents is 1. The Kier molecular flexibility index (Phi) is 4.61. The number of carbonyl (C=O) groups excluding carboxylic acids is 1. The van der Waals surface area contributed by atoms with Crippen LogP contribution in [0.25, 0.3) is 10.9 Å². The van der Waals surface area contributed by atoms with Crippen molar-refractivity contribution >= 4 is 28.4 Å². The van der Waals surface area contributed by atoms with Gasteiger partial charge in [0.05, 0.1) is 10.5 Å². The fourth-order valence-electron chi connectivity index (χ4n) is 3.03. The molecule has 1 aromatic carbocycles. The van der Waals surface area contributed by atoms with Crippen molar-refractivity contribution in [2.24, 2.45) is 0 Å². The molecule has 130 valence electrons. The number of aryl methyl sites for hydroxylation is 1. The molecule has 3 rings (SSSR count). The van der Waals surface area contributed by atoms with E-state index in [1.54, 1.807) is 28.5 Å². The fourth-order valence-corrected chi connectivity index (χ4v) is 3.26. The second-order valence-corrected chi connectivity index (χ2v) is 5.88. The highest BCUT2D eigenvalue weighted by molar-refractivity contribution is 6.32. The fraction of sp³-hybridized carbons (Fsp3) is 0.176. The normalized spacial score (nSPS) is 11.0. The molecule has 8 heteroatoms. The van der Waals surface area contributed by atoms with Crippen LogP contribution in [0.4, 0.5) is 4.39 Å². The van der Waals surface area contributed by atoms with E-state index in [1.807, 2.05) is 6.92 Å². The molecule has 0 bridgehead atoms. The van der Waals surface area contributed by atoms with Gasteiger partial charge in [0, 0.05) is 36.3 Å². The van der Waals surface area contributed by atoms with Gasteiger partial charge in [-0.15, -0.1) is 0 Å². The summed E-state index contributed by atoms with van der Waals surface area (Å²) in [5, 5.41) is 19.8. The lowest BCUT2D eigenvalue weighted by molar-refractivity contribution is 0.0695.